The lowest BCUT2D eigenvalue weighted by Gasteiger charge is -2.46. The van der Waals surface area contributed by atoms with Crippen molar-refractivity contribution >= 4 is 0 Å². The Labute approximate surface area is 70.4 Å². The smallest absolute Gasteiger partial charge is 0.0360 e. The van der Waals surface area contributed by atoms with E-state index in [9.17, 15) is 0 Å². The zero-order valence-electron chi connectivity index (χ0n) is 7.84. The molecular formula is C11H20. The van der Waals surface area contributed by atoms with Crippen LogP contribution in [0.5, 0.6) is 0 Å². The van der Waals surface area contributed by atoms with Crippen LogP contribution in [0.15, 0.2) is 0 Å². The summed E-state index contributed by atoms with van der Waals surface area (Å²) in [5, 5.41) is 0. The minimum atomic E-state index is 1.05. The molecular weight excluding hydrogens is 132 g/mol. The summed E-state index contributed by atoms with van der Waals surface area (Å²) in [6.07, 6.45) is 7.63. The van der Waals surface area contributed by atoms with Crippen LogP contribution >= 0.6 is 0 Å². The minimum absolute atomic E-state index is 1.05. The molecule has 0 nitrogen and oxygen atoms in total. The quantitative estimate of drug-likeness (QED) is 0.539. The van der Waals surface area contributed by atoms with Crippen LogP contribution in [0.1, 0.15) is 46.0 Å². The minimum Gasteiger partial charge on any atom is -0.0651 e. The first-order valence-corrected chi connectivity index (χ1v) is 5.31. The first kappa shape index (κ1) is 7.64. The molecule has 3 saturated carbocycles. The maximum absolute atomic E-state index is 2.47. The van der Waals surface area contributed by atoms with Crippen molar-refractivity contribution in [2.24, 2.45) is 23.7 Å². The molecule has 4 atom stereocenters. The van der Waals surface area contributed by atoms with E-state index >= 15 is 0 Å². The van der Waals surface area contributed by atoms with Gasteiger partial charge in [-0.3, -0.25) is 0 Å². The molecule has 0 heteroatoms. The van der Waals surface area contributed by atoms with Gasteiger partial charge in [0.1, 0.15) is 0 Å². The van der Waals surface area contributed by atoms with Gasteiger partial charge in [0.15, 0.2) is 0 Å². The Morgan fingerprint density at radius 1 is 1.18 bits per heavy atom. The first-order chi connectivity index (χ1) is 5.31. The number of hydrogen-bond donors (Lipinski definition) is 0. The average Bonchev–Trinajstić information content (AvgIpc) is 2.04. The van der Waals surface area contributed by atoms with E-state index in [-0.39, 0.29) is 0 Å². The Morgan fingerprint density at radius 3 is 2.45 bits per heavy atom. The van der Waals surface area contributed by atoms with Crippen LogP contribution in [0.3, 0.4) is 0 Å². The van der Waals surface area contributed by atoms with Gasteiger partial charge in [0.25, 0.3) is 0 Å². The third kappa shape index (κ3) is 1.21. The highest BCUT2D eigenvalue weighted by molar-refractivity contribution is 4.89. The fraction of sp³-hybridized carbons (Fsp3) is 1.00. The Balaban J connectivity index is 2.07. The van der Waals surface area contributed by atoms with Crippen LogP contribution in [-0.2, 0) is 0 Å². The van der Waals surface area contributed by atoms with Gasteiger partial charge in [-0.2, -0.15) is 0 Å². The molecule has 3 fully saturated rings. The van der Waals surface area contributed by atoms with Crippen LogP contribution in [-0.4, -0.2) is 0 Å². The summed E-state index contributed by atoms with van der Waals surface area (Å²) < 4.78 is 0. The highest BCUT2D eigenvalue weighted by atomic mass is 14.4. The van der Waals surface area contributed by atoms with Crippen LogP contribution in [0, 0.1) is 23.7 Å². The van der Waals surface area contributed by atoms with E-state index in [1.807, 2.05) is 0 Å². The molecule has 3 aliphatic rings. The summed E-state index contributed by atoms with van der Waals surface area (Å²) in [5.41, 5.74) is 0. The van der Waals surface area contributed by atoms with Gasteiger partial charge in [0.05, 0.1) is 0 Å². The lowest BCUT2D eigenvalue weighted by molar-refractivity contribution is 0.0437. The molecule has 3 aliphatic carbocycles. The normalized spacial score (nSPS) is 49.6. The van der Waals surface area contributed by atoms with E-state index < -0.39 is 0 Å². The maximum atomic E-state index is 2.47. The number of fused-ring (bicyclic) bond motifs is 3. The molecule has 0 spiro atoms. The molecule has 0 radical (unpaired) electrons. The third-order valence-corrected chi connectivity index (χ3v) is 4.11. The van der Waals surface area contributed by atoms with Crippen molar-refractivity contribution in [3.05, 3.63) is 0 Å². The molecule has 0 heterocycles. The first-order valence-electron chi connectivity index (χ1n) is 5.31. The molecule has 0 aromatic carbocycles. The fourth-order valence-corrected chi connectivity index (χ4v) is 3.52. The SMILES string of the molecule is CCC1CC2CCC1C(C)C2. The molecule has 0 saturated heterocycles. The molecule has 0 aliphatic heterocycles. The Morgan fingerprint density at radius 2 is 2.00 bits per heavy atom. The van der Waals surface area contributed by atoms with E-state index in [2.05, 4.69) is 13.8 Å². The Kier molecular flexibility index (Phi) is 1.95. The summed E-state index contributed by atoms with van der Waals surface area (Å²) in [7, 11) is 0. The van der Waals surface area contributed by atoms with E-state index in [4.69, 9.17) is 0 Å². The average molecular weight is 152 g/mol. The van der Waals surface area contributed by atoms with Crippen LogP contribution in [0.25, 0.3) is 0 Å². The monoisotopic (exact) mass is 152 g/mol. The Hall–Kier alpha value is 0. The molecule has 3 rings (SSSR count). The van der Waals surface area contributed by atoms with Gasteiger partial charge in [0, 0.05) is 0 Å². The van der Waals surface area contributed by atoms with E-state index in [1.165, 1.54) is 6.42 Å². The van der Waals surface area contributed by atoms with Gasteiger partial charge in [-0.05, 0) is 42.9 Å². The van der Waals surface area contributed by atoms with E-state index in [0.717, 1.165) is 23.7 Å². The molecule has 0 amide bonds. The van der Waals surface area contributed by atoms with Crippen molar-refractivity contribution in [2.45, 2.75) is 46.0 Å². The number of hydrogen-bond acceptors (Lipinski definition) is 0. The molecule has 0 N–H and O–H groups in total. The molecule has 4 unspecified atom stereocenters. The van der Waals surface area contributed by atoms with Crippen LogP contribution in [0.4, 0.5) is 0 Å². The van der Waals surface area contributed by atoms with Gasteiger partial charge in [-0.15, -0.1) is 0 Å². The molecule has 0 aromatic heterocycles. The molecule has 2 bridgehead atoms. The summed E-state index contributed by atoms with van der Waals surface area (Å²) in [6, 6.07) is 0. The van der Waals surface area contributed by atoms with Gasteiger partial charge in [-0.25, -0.2) is 0 Å². The van der Waals surface area contributed by atoms with Crippen molar-refractivity contribution in [1.82, 2.24) is 0 Å². The second-order valence-corrected chi connectivity index (χ2v) is 4.72. The van der Waals surface area contributed by atoms with Crippen molar-refractivity contribution < 1.29 is 0 Å². The topological polar surface area (TPSA) is 0 Å². The summed E-state index contributed by atoms with van der Waals surface area (Å²) in [5.74, 6) is 4.36. The highest BCUT2D eigenvalue weighted by Crippen LogP contribution is 2.49. The fourth-order valence-electron chi connectivity index (χ4n) is 3.52. The highest BCUT2D eigenvalue weighted by Gasteiger charge is 2.38. The Bertz CT molecular complexity index is 139. The van der Waals surface area contributed by atoms with Gasteiger partial charge < -0.3 is 0 Å². The predicted octanol–water partition coefficient (Wildman–Crippen LogP) is 3.47. The number of rotatable bonds is 1. The zero-order valence-corrected chi connectivity index (χ0v) is 7.84. The van der Waals surface area contributed by atoms with Crippen molar-refractivity contribution in [3.8, 4) is 0 Å². The van der Waals surface area contributed by atoms with Crippen molar-refractivity contribution in [1.29, 1.82) is 0 Å². The summed E-state index contributed by atoms with van der Waals surface area (Å²) >= 11 is 0. The van der Waals surface area contributed by atoms with Crippen molar-refractivity contribution in [3.63, 3.8) is 0 Å². The van der Waals surface area contributed by atoms with Crippen molar-refractivity contribution in [2.75, 3.05) is 0 Å². The van der Waals surface area contributed by atoms with Gasteiger partial charge in [-0.1, -0.05) is 26.7 Å². The van der Waals surface area contributed by atoms with Gasteiger partial charge >= 0.3 is 0 Å². The lowest BCUT2D eigenvalue weighted by atomic mass is 9.59. The van der Waals surface area contributed by atoms with E-state index in [0.29, 0.717) is 0 Å². The second-order valence-electron chi connectivity index (χ2n) is 4.72. The molecule has 64 valence electrons. The van der Waals surface area contributed by atoms with Gasteiger partial charge in [0.2, 0.25) is 0 Å². The second kappa shape index (κ2) is 2.80. The van der Waals surface area contributed by atoms with Crippen LogP contribution in [0.2, 0.25) is 0 Å². The standard InChI is InChI=1S/C11H20/c1-3-10-7-9-4-5-11(10)8(2)6-9/h8-11H,3-7H2,1-2H3. The third-order valence-electron chi connectivity index (χ3n) is 4.11. The molecule has 11 heavy (non-hydrogen) atoms. The predicted molar refractivity (Wildman–Crippen MR) is 48.4 cm³/mol. The summed E-state index contributed by atoms with van der Waals surface area (Å²) in [4.78, 5) is 0. The lowest BCUT2D eigenvalue weighted by Crippen LogP contribution is -2.36. The van der Waals surface area contributed by atoms with E-state index in [1.54, 1.807) is 25.7 Å². The molecule has 0 aromatic rings. The summed E-state index contributed by atoms with van der Waals surface area (Å²) in [6.45, 7) is 4.84. The largest absolute Gasteiger partial charge is 0.0651 e. The zero-order chi connectivity index (χ0) is 7.84. The van der Waals surface area contributed by atoms with Crippen LogP contribution < -0.4 is 0 Å². The maximum Gasteiger partial charge on any atom is -0.0360 e.